The predicted molar refractivity (Wildman–Crippen MR) is 80.7 cm³/mol. The van der Waals surface area contributed by atoms with E-state index < -0.39 is 0 Å². The molecule has 112 valence electrons. The number of hydrogen-bond acceptors (Lipinski definition) is 3. The minimum atomic E-state index is -0.362. The molecule has 0 aliphatic carbocycles. The van der Waals surface area contributed by atoms with Crippen LogP contribution in [-0.4, -0.2) is 27.4 Å². The number of rotatable bonds is 6. The van der Waals surface area contributed by atoms with Crippen molar-refractivity contribution in [3.05, 3.63) is 53.3 Å². The Morgan fingerprint density at radius 1 is 1.33 bits per heavy atom. The lowest BCUT2D eigenvalue weighted by atomic mass is 10.1. The molecule has 0 saturated heterocycles. The van der Waals surface area contributed by atoms with Gasteiger partial charge in [0, 0.05) is 18.7 Å². The molecule has 1 amide bonds. The van der Waals surface area contributed by atoms with Gasteiger partial charge in [-0.3, -0.25) is 9.48 Å². The number of nitrogens with one attached hydrogen (secondary N) is 1. The predicted octanol–water partition coefficient (Wildman–Crippen LogP) is 1.74. The zero-order valence-electron chi connectivity index (χ0n) is 12.4. The highest BCUT2D eigenvalue weighted by Gasteiger charge is 2.13. The fraction of sp³-hybridized carbons (Fsp3) is 0.375. The summed E-state index contributed by atoms with van der Waals surface area (Å²) in [5.41, 5.74) is 2.90. The molecule has 0 aliphatic heterocycles. The van der Waals surface area contributed by atoms with Crippen LogP contribution in [0.25, 0.3) is 0 Å². The second-order valence-corrected chi connectivity index (χ2v) is 5.11. The van der Waals surface area contributed by atoms with Crippen molar-refractivity contribution in [2.24, 2.45) is 0 Å². The van der Waals surface area contributed by atoms with Crippen LogP contribution in [0.3, 0.4) is 0 Å². The van der Waals surface area contributed by atoms with Crippen LogP contribution < -0.4 is 5.32 Å². The van der Waals surface area contributed by atoms with Gasteiger partial charge in [0.2, 0.25) is 5.91 Å². The van der Waals surface area contributed by atoms with Crippen molar-refractivity contribution >= 4 is 5.91 Å². The summed E-state index contributed by atoms with van der Waals surface area (Å²) in [6.45, 7) is 4.33. The number of aromatic nitrogens is 2. The topological polar surface area (TPSA) is 67.2 Å². The van der Waals surface area contributed by atoms with Gasteiger partial charge in [0.1, 0.15) is 0 Å². The van der Waals surface area contributed by atoms with Gasteiger partial charge in [0.15, 0.2) is 0 Å². The van der Waals surface area contributed by atoms with Gasteiger partial charge in [-0.05, 0) is 25.5 Å². The van der Waals surface area contributed by atoms with Gasteiger partial charge in [0.25, 0.3) is 0 Å². The van der Waals surface area contributed by atoms with Gasteiger partial charge in [-0.15, -0.1) is 0 Å². The summed E-state index contributed by atoms with van der Waals surface area (Å²) in [7, 11) is 0. The molecule has 0 unspecified atom stereocenters. The third-order valence-corrected chi connectivity index (χ3v) is 3.37. The molecule has 2 rings (SSSR count). The summed E-state index contributed by atoms with van der Waals surface area (Å²) < 4.78 is 1.82. The third-order valence-electron chi connectivity index (χ3n) is 3.37. The number of carbonyl (C=O) groups is 1. The average Bonchev–Trinajstić information content (AvgIpc) is 2.81. The van der Waals surface area contributed by atoms with Crippen LogP contribution in [-0.2, 0) is 11.3 Å². The van der Waals surface area contributed by atoms with Gasteiger partial charge >= 0.3 is 0 Å². The first-order valence-corrected chi connectivity index (χ1v) is 7.06. The molecule has 5 heteroatoms. The van der Waals surface area contributed by atoms with Crippen molar-refractivity contribution in [1.29, 1.82) is 0 Å². The monoisotopic (exact) mass is 287 g/mol. The van der Waals surface area contributed by atoms with Crippen molar-refractivity contribution in [1.82, 2.24) is 15.1 Å². The lowest BCUT2D eigenvalue weighted by molar-refractivity contribution is -0.122. The fourth-order valence-corrected chi connectivity index (χ4v) is 2.29. The molecule has 21 heavy (non-hydrogen) atoms. The summed E-state index contributed by atoms with van der Waals surface area (Å²) in [6, 6.07) is 11.1. The Balaban J connectivity index is 1.90. The maximum absolute atomic E-state index is 12.0. The lowest BCUT2D eigenvalue weighted by Crippen LogP contribution is -2.31. The summed E-state index contributed by atoms with van der Waals surface area (Å²) in [5.74, 6) is -0.0922. The SMILES string of the molecule is Cc1cc(C)n(CCC(=O)N[C@@H](CO)c2ccccc2)n1. The first kappa shape index (κ1) is 15.3. The average molecular weight is 287 g/mol. The first-order valence-electron chi connectivity index (χ1n) is 7.06. The van der Waals surface area contributed by atoms with E-state index in [1.807, 2.05) is 54.9 Å². The smallest absolute Gasteiger partial charge is 0.222 e. The van der Waals surface area contributed by atoms with E-state index in [2.05, 4.69) is 10.4 Å². The Bertz CT molecular complexity index is 593. The van der Waals surface area contributed by atoms with Crippen LogP contribution in [0.15, 0.2) is 36.4 Å². The highest BCUT2D eigenvalue weighted by Crippen LogP contribution is 2.12. The Morgan fingerprint density at radius 3 is 2.62 bits per heavy atom. The highest BCUT2D eigenvalue weighted by atomic mass is 16.3. The minimum Gasteiger partial charge on any atom is -0.394 e. The largest absolute Gasteiger partial charge is 0.394 e. The van der Waals surface area contributed by atoms with Crippen molar-refractivity contribution in [2.45, 2.75) is 32.9 Å². The molecule has 1 atom stereocenters. The summed E-state index contributed by atoms with van der Waals surface area (Å²) in [6.07, 6.45) is 0.339. The Morgan fingerprint density at radius 2 is 2.05 bits per heavy atom. The van der Waals surface area contributed by atoms with E-state index in [0.29, 0.717) is 13.0 Å². The molecule has 2 aromatic rings. The molecule has 0 fully saturated rings. The Hall–Kier alpha value is -2.14. The zero-order chi connectivity index (χ0) is 15.2. The molecule has 0 radical (unpaired) electrons. The van der Waals surface area contributed by atoms with Crippen LogP contribution >= 0.6 is 0 Å². The molecule has 1 heterocycles. The van der Waals surface area contributed by atoms with E-state index in [0.717, 1.165) is 17.0 Å². The van der Waals surface area contributed by atoms with Gasteiger partial charge in [-0.25, -0.2) is 0 Å². The molecule has 2 N–H and O–H groups in total. The second-order valence-electron chi connectivity index (χ2n) is 5.11. The van der Waals surface area contributed by atoms with Crippen LogP contribution in [0.1, 0.15) is 29.4 Å². The Kier molecular flexibility index (Phi) is 5.11. The molecule has 0 saturated carbocycles. The third kappa shape index (κ3) is 4.16. The summed E-state index contributed by atoms with van der Waals surface area (Å²) in [4.78, 5) is 12.0. The number of aliphatic hydroxyl groups is 1. The fourth-order valence-electron chi connectivity index (χ4n) is 2.29. The molecule has 0 aliphatic rings. The number of aliphatic hydroxyl groups excluding tert-OH is 1. The van der Waals surface area contributed by atoms with E-state index in [4.69, 9.17) is 0 Å². The van der Waals surface area contributed by atoms with Crippen LogP contribution in [0.4, 0.5) is 0 Å². The number of hydrogen-bond donors (Lipinski definition) is 2. The molecule has 0 spiro atoms. The second kappa shape index (κ2) is 7.04. The molecule has 0 bridgehead atoms. The number of nitrogens with zero attached hydrogens (tertiary/aromatic N) is 2. The summed E-state index contributed by atoms with van der Waals surface area (Å²) in [5, 5.41) is 16.6. The first-order chi connectivity index (χ1) is 10.1. The maximum Gasteiger partial charge on any atom is 0.222 e. The van der Waals surface area contributed by atoms with Crippen LogP contribution in [0.5, 0.6) is 0 Å². The van der Waals surface area contributed by atoms with Gasteiger partial charge < -0.3 is 10.4 Å². The van der Waals surface area contributed by atoms with Gasteiger partial charge in [-0.1, -0.05) is 30.3 Å². The maximum atomic E-state index is 12.0. The van der Waals surface area contributed by atoms with Crippen LogP contribution in [0, 0.1) is 13.8 Å². The molecule has 1 aromatic carbocycles. The van der Waals surface area contributed by atoms with E-state index >= 15 is 0 Å². The molecule has 5 nitrogen and oxygen atoms in total. The molecular weight excluding hydrogens is 266 g/mol. The van der Waals surface area contributed by atoms with Crippen molar-refractivity contribution < 1.29 is 9.90 Å². The highest BCUT2D eigenvalue weighted by molar-refractivity contribution is 5.76. The van der Waals surface area contributed by atoms with E-state index in [-0.39, 0.29) is 18.6 Å². The normalized spacial score (nSPS) is 12.1. The quantitative estimate of drug-likeness (QED) is 0.850. The molecule has 1 aromatic heterocycles. The number of carbonyl (C=O) groups excluding carboxylic acids is 1. The number of aryl methyl sites for hydroxylation is 3. The van der Waals surface area contributed by atoms with Crippen molar-refractivity contribution in [3.8, 4) is 0 Å². The molecular formula is C16H21N3O2. The number of benzene rings is 1. The number of amides is 1. The minimum absolute atomic E-state index is 0.0922. The van der Waals surface area contributed by atoms with E-state index in [9.17, 15) is 9.90 Å². The zero-order valence-corrected chi connectivity index (χ0v) is 12.4. The summed E-state index contributed by atoms with van der Waals surface area (Å²) >= 11 is 0. The van der Waals surface area contributed by atoms with Gasteiger partial charge in [-0.2, -0.15) is 5.10 Å². The van der Waals surface area contributed by atoms with Gasteiger partial charge in [0.05, 0.1) is 18.3 Å². The van der Waals surface area contributed by atoms with Crippen LogP contribution in [0.2, 0.25) is 0 Å². The lowest BCUT2D eigenvalue weighted by Gasteiger charge is -2.16. The van der Waals surface area contributed by atoms with E-state index in [1.165, 1.54) is 0 Å². The Labute approximate surface area is 124 Å². The van der Waals surface area contributed by atoms with Crippen molar-refractivity contribution in [2.75, 3.05) is 6.61 Å². The van der Waals surface area contributed by atoms with E-state index in [1.54, 1.807) is 0 Å². The van der Waals surface area contributed by atoms with Crippen molar-refractivity contribution in [3.63, 3.8) is 0 Å². The standard InChI is InChI=1S/C16H21N3O2/c1-12-10-13(2)19(18-12)9-8-16(21)17-15(11-20)14-6-4-3-5-7-14/h3-7,10,15,20H,8-9,11H2,1-2H3,(H,17,21)/t15-/m0/s1.